The number of aromatic nitrogens is 4. The van der Waals surface area contributed by atoms with Crippen molar-refractivity contribution < 1.29 is 9.40 Å². The summed E-state index contributed by atoms with van der Waals surface area (Å²) >= 11 is 0. The highest BCUT2D eigenvalue weighted by molar-refractivity contribution is 5.80. The van der Waals surface area contributed by atoms with Crippen LogP contribution in [0.3, 0.4) is 0 Å². The lowest BCUT2D eigenvalue weighted by Crippen LogP contribution is -2.26. The van der Waals surface area contributed by atoms with E-state index in [-0.39, 0.29) is 0 Å². The van der Waals surface area contributed by atoms with Gasteiger partial charge in [-0.15, -0.1) is 0 Å². The van der Waals surface area contributed by atoms with Gasteiger partial charge in [-0.3, -0.25) is 9.40 Å². The van der Waals surface area contributed by atoms with Crippen molar-refractivity contribution in [2.24, 2.45) is 24.8 Å². The number of fused-ring (bicyclic) bond motifs is 1. The Bertz CT molecular complexity index is 858. The van der Waals surface area contributed by atoms with Crippen LogP contribution in [-0.4, -0.2) is 21.6 Å². The molecular weight excluding hydrogens is 410 g/mol. The molecule has 0 spiro atoms. The zero-order valence-electron chi connectivity index (χ0n) is 22.2. The quantitative estimate of drug-likeness (QED) is 0.175. The van der Waals surface area contributed by atoms with Gasteiger partial charge in [-0.1, -0.05) is 89.3 Å². The Balaban J connectivity index is 1.72. The molecular formula is C27H48N5O+. The molecule has 2 atom stereocenters. The van der Waals surface area contributed by atoms with Gasteiger partial charge < -0.3 is 0 Å². The molecule has 0 bridgehead atoms. The second kappa shape index (κ2) is 14.3. The van der Waals surface area contributed by atoms with E-state index < -0.39 is 0 Å². The molecule has 0 aliphatic carbocycles. The second-order valence-corrected chi connectivity index (χ2v) is 10.5. The van der Waals surface area contributed by atoms with E-state index in [9.17, 15) is 0 Å². The van der Waals surface area contributed by atoms with Crippen LogP contribution in [0.1, 0.15) is 92.4 Å². The molecule has 0 aliphatic rings. The minimum Gasteiger partial charge on any atom is -0.278 e. The number of nitrogens with zero attached hydrogens (tertiary/aromatic N) is 4. The van der Waals surface area contributed by atoms with Gasteiger partial charge in [-0.2, -0.15) is 4.98 Å². The summed E-state index contributed by atoms with van der Waals surface area (Å²) in [5.41, 5.74) is 6.16. The highest BCUT2D eigenvalue weighted by Crippen LogP contribution is 2.22. The molecule has 6 nitrogen and oxygen atoms in total. The summed E-state index contributed by atoms with van der Waals surface area (Å²) in [7, 11) is 3.60. The van der Waals surface area contributed by atoms with Crippen LogP contribution in [0.5, 0.6) is 0 Å². The first-order valence-corrected chi connectivity index (χ1v) is 13.0. The molecule has 0 fully saturated rings. The Hall–Kier alpha value is -1.95. The fourth-order valence-corrected chi connectivity index (χ4v) is 4.59. The van der Waals surface area contributed by atoms with Gasteiger partial charge in [0.15, 0.2) is 18.5 Å². The van der Waals surface area contributed by atoms with Crippen LogP contribution in [0, 0.1) is 17.8 Å². The Morgan fingerprint density at radius 2 is 1.67 bits per heavy atom. The number of allylic oxidation sites excluding steroid dienone is 2. The number of aryl methyl sites for hydroxylation is 1. The maximum atomic E-state index is 5.09. The molecule has 0 radical (unpaired) electrons. The smallest absolute Gasteiger partial charge is 0.278 e. The molecule has 186 valence electrons. The summed E-state index contributed by atoms with van der Waals surface area (Å²) in [6.07, 6.45) is 18.0. The van der Waals surface area contributed by atoms with Crippen LogP contribution in [0.25, 0.3) is 11.2 Å². The van der Waals surface area contributed by atoms with Crippen LogP contribution < -0.4 is 10.0 Å². The normalized spacial score (nSPS) is 14.2. The Kier molecular flexibility index (Phi) is 11.9. The lowest BCUT2D eigenvalue weighted by molar-refractivity contribution is -0.647. The van der Waals surface area contributed by atoms with Crippen molar-refractivity contribution in [1.29, 1.82) is 0 Å². The van der Waals surface area contributed by atoms with Crippen LogP contribution in [0.4, 0.5) is 5.82 Å². The maximum Gasteiger partial charge on any atom is 0.307 e. The van der Waals surface area contributed by atoms with Crippen molar-refractivity contribution in [2.75, 3.05) is 12.6 Å². The number of hydrogen-bond donors (Lipinski definition) is 1. The van der Waals surface area contributed by atoms with Gasteiger partial charge in [-0.25, -0.2) is 10.0 Å². The predicted octanol–water partition coefficient (Wildman–Crippen LogP) is 6.61. The third-order valence-corrected chi connectivity index (χ3v) is 6.71. The number of hydrogen-bond acceptors (Lipinski definition) is 4. The van der Waals surface area contributed by atoms with Crippen molar-refractivity contribution in [3.8, 4) is 0 Å². The predicted molar refractivity (Wildman–Crippen MR) is 138 cm³/mol. The lowest BCUT2D eigenvalue weighted by atomic mass is 9.91. The number of nitrogens with one attached hydrogen (secondary N) is 1. The summed E-state index contributed by atoms with van der Waals surface area (Å²) in [5, 5.41) is 0. The topological polar surface area (TPSA) is 55.9 Å². The van der Waals surface area contributed by atoms with Crippen molar-refractivity contribution in [1.82, 2.24) is 14.5 Å². The molecule has 0 saturated heterocycles. The first kappa shape index (κ1) is 27.3. The minimum atomic E-state index is 0.692. The average Bonchev–Trinajstić information content (AvgIpc) is 3.09. The Labute approximate surface area is 201 Å². The zero-order valence-corrected chi connectivity index (χ0v) is 22.2. The summed E-state index contributed by atoms with van der Waals surface area (Å²) in [4.78, 5) is 13.8. The largest absolute Gasteiger partial charge is 0.307 e. The van der Waals surface area contributed by atoms with Crippen molar-refractivity contribution in [3.05, 3.63) is 24.3 Å². The Morgan fingerprint density at radius 3 is 2.30 bits per heavy atom. The summed E-state index contributed by atoms with van der Waals surface area (Å²) in [6.45, 7) is 12.6. The zero-order chi connectivity index (χ0) is 24.2. The highest BCUT2D eigenvalue weighted by atomic mass is 16.6. The van der Waals surface area contributed by atoms with Crippen LogP contribution >= 0.6 is 0 Å². The standard InChI is InChI=1S/C27H48N5O/c1-21(2)11-8-12-22(3)13-9-14-23(4)15-10-16-24(5)17-18-32-20-31(6)27-25(32)26(30-33-7)28-19-29-27/h17,19-23H,8-16,18H2,1-7H3,(H,28,29,30)/q+1/b24-17+. The van der Waals surface area contributed by atoms with E-state index in [4.69, 9.17) is 4.84 Å². The number of anilines is 1. The van der Waals surface area contributed by atoms with Crippen LogP contribution in [0.15, 0.2) is 24.3 Å². The molecule has 2 unspecified atom stereocenters. The van der Waals surface area contributed by atoms with E-state index in [2.05, 4.69) is 67.0 Å². The van der Waals surface area contributed by atoms with E-state index in [0.29, 0.717) is 5.82 Å². The van der Waals surface area contributed by atoms with Crippen molar-refractivity contribution in [2.45, 2.75) is 99.0 Å². The van der Waals surface area contributed by atoms with Gasteiger partial charge in [0.25, 0.3) is 0 Å². The molecule has 2 rings (SSSR count). The first-order chi connectivity index (χ1) is 15.8. The molecule has 0 saturated carbocycles. The molecule has 2 aromatic heterocycles. The third-order valence-electron chi connectivity index (χ3n) is 6.71. The van der Waals surface area contributed by atoms with E-state index in [1.807, 2.05) is 11.6 Å². The molecule has 1 N–H and O–H groups in total. The van der Waals surface area contributed by atoms with Gasteiger partial charge in [0.1, 0.15) is 0 Å². The van der Waals surface area contributed by atoms with Gasteiger partial charge in [0, 0.05) is 0 Å². The summed E-state index contributed by atoms with van der Waals surface area (Å²) in [5.74, 6) is 3.25. The number of imidazole rings is 1. The van der Waals surface area contributed by atoms with Crippen LogP contribution in [0.2, 0.25) is 0 Å². The minimum absolute atomic E-state index is 0.692. The first-order valence-electron chi connectivity index (χ1n) is 13.0. The molecule has 2 heterocycles. The van der Waals surface area contributed by atoms with E-state index in [1.54, 1.807) is 13.4 Å². The van der Waals surface area contributed by atoms with Crippen LogP contribution in [-0.2, 0) is 18.4 Å². The van der Waals surface area contributed by atoms with Crippen molar-refractivity contribution >= 4 is 17.0 Å². The maximum absolute atomic E-state index is 5.09. The monoisotopic (exact) mass is 458 g/mol. The molecule has 0 aromatic carbocycles. The van der Waals surface area contributed by atoms with E-state index in [1.165, 1.54) is 63.4 Å². The molecule has 0 amide bonds. The Morgan fingerprint density at radius 1 is 1.03 bits per heavy atom. The highest BCUT2D eigenvalue weighted by Gasteiger charge is 2.19. The average molecular weight is 459 g/mol. The van der Waals surface area contributed by atoms with Crippen molar-refractivity contribution in [3.63, 3.8) is 0 Å². The summed E-state index contributed by atoms with van der Waals surface area (Å²) < 4.78 is 4.19. The summed E-state index contributed by atoms with van der Waals surface area (Å²) in [6, 6.07) is 0. The molecule has 2 aromatic rings. The fourth-order valence-electron chi connectivity index (χ4n) is 4.59. The number of rotatable bonds is 16. The second-order valence-electron chi connectivity index (χ2n) is 10.5. The molecule has 0 aliphatic heterocycles. The fraction of sp³-hybridized carbons (Fsp3) is 0.741. The van der Waals surface area contributed by atoms with Gasteiger partial charge in [0.05, 0.1) is 20.7 Å². The molecule has 33 heavy (non-hydrogen) atoms. The van der Waals surface area contributed by atoms with Gasteiger partial charge in [0.2, 0.25) is 5.52 Å². The molecule has 6 heteroatoms. The van der Waals surface area contributed by atoms with Gasteiger partial charge in [-0.05, 0) is 37.5 Å². The third kappa shape index (κ3) is 9.44. The SMILES string of the molecule is CONc1ncnc2c1n(C/C=C(\C)CCCC(C)CCCC(C)CCCC(C)C)c[n+]2C. The van der Waals surface area contributed by atoms with E-state index >= 15 is 0 Å². The van der Waals surface area contributed by atoms with Gasteiger partial charge >= 0.3 is 5.65 Å². The lowest BCUT2D eigenvalue weighted by Gasteiger charge is -2.15. The van der Waals surface area contributed by atoms with E-state index in [0.717, 1.165) is 35.5 Å².